The lowest BCUT2D eigenvalue weighted by Crippen LogP contribution is -2.41. The third-order valence-electron chi connectivity index (χ3n) is 2.45. The Bertz CT molecular complexity index is 122. The molecular weight excluding hydrogens is 152 g/mol. The van der Waals surface area contributed by atoms with Crippen LogP contribution in [0.25, 0.3) is 0 Å². The molecule has 1 saturated heterocycles. The summed E-state index contributed by atoms with van der Waals surface area (Å²) in [6.45, 7) is 2.78. The zero-order chi connectivity index (χ0) is 8.97. The van der Waals surface area contributed by atoms with Crippen molar-refractivity contribution in [2.24, 2.45) is 11.7 Å². The average molecular weight is 172 g/mol. The smallest absolute Gasteiger partial charge is 0.0469 e. The molecule has 0 amide bonds. The highest BCUT2D eigenvalue weighted by molar-refractivity contribution is 4.76. The normalized spacial score (nSPS) is 23.0. The van der Waals surface area contributed by atoms with Crippen LogP contribution in [0.2, 0.25) is 0 Å². The maximum Gasteiger partial charge on any atom is 0.0469 e. The first-order valence-corrected chi connectivity index (χ1v) is 4.68. The van der Waals surface area contributed by atoms with Crippen molar-refractivity contribution in [3.63, 3.8) is 0 Å². The first kappa shape index (κ1) is 9.96. The molecule has 0 saturated carbocycles. The molecule has 1 aliphatic heterocycles. The van der Waals surface area contributed by atoms with E-state index in [0.717, 1.165) is 32.6 Å². The minimum absolute atomic E-state index is 0.323. The first-order valence-electron chi connectivity index (χ1n) is 4.68. The van der Waals surface area contributed by atoms with Crippen LogP contribution in [0, 0.1) is 5.92 Å². The number of hydrogen-bond acceptors (Lipinski definition) is 3. The predicted octanol–water partition coefficient (Wildman–Crippen LogP) is 0.302. The summed E-state index contributed by atoms with van der Waals surface area (Å²) in [5, 5.41) is 0. The molecule has 3 heteroatoms. The van der Waals surface area contributed by atoms with E-state index in [1.54, 1.807) is 0 Å². The minimum atomic E-state index is 0.323. The number of ether oxygens (including phenoxy) is 1. The summed E-state index contributed by atoms with van der Waals surface area (Å²) in [4.78, 5) is 2.15. The van der Waals surface area contributed by atoms with Crippen molar-refractivity contribution < 1.29 is 4.74 Å². The van der Waals surface area contributed by atoms with Crippen LogP contribution in [0.15, 0.2) is 0 Å². The lowest BCUT2D eigenvalue weighted by atomic mass is 9.92. The topological polar surface area (TPSA) is 38.5 Å². The Morgan fingerprint density at radius 1 is 1.42 bits per heavy atom. The molecule has 1 aliphatic rings. The van der Waals surface area contributed by atoms with Gasteiger partial charge in [-0.3, -0.25) is 0 Å². The van der Waals surface area contributed by atoms with Gasteiger partial charge in [-0.2, -0.15) is 0 Å². The van der Waals surface area contributed by atoms with Gasteiger partial charge in [0.1, 0.15) is 0 Å². The van der Waals surface area contributed by atoms with Gasteiger partial charge in [0.05, 0.1) is 0 Å². The highest BCUT2D eigenvalue weighted by atomic mass is 16.5. The Balaban J connectivity index is 2.24. The van der Waals surface area contributed by atoms with Gasteiger partial charge in [0, 0.05) is 25.8 Å². The molecule has 0 aromatic rings. The highest BCUT2D eigenvalue weighted by Gasteiger charge is 2.20. The molecule has 0 bridgehead atoms. The predicted molar refractivity (Wildman–Crippen MR) is 50.1 cm³/mol. The quantitative estimate of drug-likeness (QED) is 0.665. The van der Waals surface area contributed by atoms with Gasteiger partial charge < -0.3 is 15.4 Å². The standard InChI is InChI=1S/C9H20N2O/c1-11(2)7-9(10)8-3-5-12-6-4-8/h8-9H,3-7,10H2,1-2H3/t9-/m1/s1. The van der Waals surface area contributed by atoms with Crippen molar-refractivity contribution in [3.8, 4) is 0 Å². The maximum atomic E-state index is 6.05. The number of nitrogens with zero attached hydrogens (tertiary/aromatic N) is 1. The van der Waals surface area contributed by atoms with Crippen LogP contribution < -0.4 is 5.73 Å². The van der Waals surface area contributed by atoms with Crippen LogP contribution in [0.1, 0.15) is 12.8 Å². The lowest BCUT2D eigenvalue weighted by Gasteiger charge is -2.29. The minimum Gasteiger partial charge on any atom is -0.381 e. The summed E-state index contributed by atoms with van der Waals surface area (Å²) in [6, 6.07) is 0.323. The molecule has 0 aliphatic carbocycles. The van der Waals surface area contributed by atoms with Gasteiger partial charge in [-0.1, -0.05) is 0 Å². The molecular formula is C9H20N2O. The lowest BCUT2D eigenvalue weighted by molar-refractivity contribution is 0.0554. The second kappa shape index (κ2) is 4.80. The van der Waals surface area contributed by atoms with Gasteiger partial charge in [0.2, 0.25) is 0 Å². The molecule has 12 heavy (non-hydrogen) atoms. The molecule has 0 aromatic heterocycles. The summed E-state index contributed by atoms with van der Waals surface area (Å²) in [5.41, 5.74) is 6.05. The van der Waals surface area contributed by atoms with Crippen molar-refractivity contribution in [1.82, 2.24) is 4.90 Å². The van der Waals surface area contributed by atoms with Crippen LogP contribution in [0.3, 0.4) is 0 Å². The van der Waals surface area contributed by atoms with Crippen LogP contribution in [-0.2, 0) is 4.74 Å². The van der Waals surface area contributed by atoms with Crippen LogP contribution in [0.4, 0.5) is 0 Å². The average Bonchev–Trinajstić information content (AvgIpc) is 2.05. The molecule has 3 nitrogen and oxygen atoms in total. The fraction of sp³-hybridized carbons (Fsp3) is 1.00. The second-order valence-electron chi connectivity index (χ2n) is 3.88. The largest absolute Gasteiger partial charge is 0.381 e. The zero-order valence-corrected chi connectivity index (χ0v) is 8.12. The Hall–Kier alpha value is -0.120. The van der Waals surface area contributed by atoms with Crippen molar-refractivity contribution in [3.05, 3.63) is 0 Å². The maximum absolute atomic E-state index is 6.05. The van der Waals surface area contributed by atoms with Crippen LogP contribution >= 0.6 is 0 Å². The summed E-state index contributed by atoms with van der Waals surface area (Å²) in [5.74, 6) is 0.668. The summed E-state index contributed by atoms with van der Waals surface area (Å²) < 4.78 is 5.29. The first-order chi connectivity index (χ1) is 5.70. The van der Waals surface area contributed by atoms with Crippen molar-refractivity contribution in [2.75, 3.05) is 33.9 Å². The van der Waals surface area contributed by atoms with E-state index in [-0.39, 0.29) is 0 Å². The molecule has 2 N–H and O–H groups in total. The van der Waals surface area contributed by atoms with Gasteiger partial charge in [0.15, 0.2) is 0 Å². The van der Waals surface area contributed by atoms with E-state index < -0.39 is 0 Å². The van der Waals surface area contributed by atoms with E-state index in [1.165, 1.54) is 0 Å². The molecule has 1 rings (SSSR count). The van der Waals surface area contributed by atoms with E-state index in [2.05, 4.69) is 19.0 Å². The molecule has 1 atom stereocenters. The molecule has 1 heterocycles. The van der Waals surface area contributed by atoms with E-state index in [0.29, 0.717) is 12.0 Å². The Labute approximate surface area is 74.9 Å². The SMILES string of the molecule is CN(C)C[C@@H](N)C1CCOCC1. The second-order valence-corrected chi connectivity index (χ2v) is 3.88. The molecule has 0 spiro atoms. The van der Waals surface area contributed by atoms with Crippen LogP contribution in [-0.4, -0.2) is 44.8 Å². The van der Waals surface area contributed by atoms with Gasteiger partial charge in [-0.05, 0) is 32.9 Å². The number of likely N-dealkylation sites (N-methyl/N-ethyl adjacent to an activating group) is 1. The van der Waals surface area contributed by atoms with Gasteiger partial charge in [-0.15, -0.1) is 0 Å². The molecule has 72 valence electrons. The Morgan fingerprint density at radius 2 is 2.00 bits per heavy atom. The fourth-order valence-electron chi connectivity index (χ4n) is 1.71. The van der Waals surface area contributed by atoms with Crippen LogP contribution in [0.5, 0.6) is 0 Å². The number of rotatable bonds is 3. The molecule has 0 aromatic carbocycles. The van der Waals surface area contributed by atoms with E-state index >= 15 is 0 Å². The van der Waals surface area contributed by atoms with Gasteiger partial charge >= 0.3 is 0 Å². The summed E-state index contributed by atoms with van der Waals surface area (Å²) in [6.07, 6.45) is 2.27. The zero-order valence-electron chi connectivity index (χ0n) is 8.12. The van der Waals surface area contributed by atoms with E-state index in [1.807, 2.05) is 0 Å². The van der Waals surface area contributed by atoms with E-state index in [9.17, 15) is 0 Å². The molecule has 0 radical (unpaired) electrons. The summed E-state index contributed by atoms with van der Waals surface area (Å²) in [7, 11) is 4.14. The monoisotopic (exact) mass is 172 g/mol. The van der Waals surface area contributed by atoms with E-state index in [4.69, 9.17) is 10.5 Å². The van der Waals surface area contributed by atoms with Crippen molar-refractivity contribution in [2.45, 2.75) is 18.9 Å². The third kappa shape index (κ3) is 3.09. The van der Waals surface area contributed by atoms with Gasteiger partial charge in [-0.25, -0.2) is 0 Å². The highest BCUT2D eigenvalue weighted by Crippen LogP contribution is 2.17. The van der Waals surface area contributed by atoms with Crippen molar-refractivity contribution >= 4 is 0 Å². The third-order valence-corrected chi connectivity index (χ3v) is 2.45. The number of hydrogen-bond donors (Lipinski definition) is 1. The molecule has 0 unspecified atom stereocenters. The fourth-order valence-corrected chi connectivity index (χ4v) is 1.71. The van der Waals surface area contributed by atoms with Crippen molar-refractivity contribution in [1.29, 1.82) is 0 Å². The molecule has 1 fully saturated rings. The summed E-state index contributed by atoms with van der Waals surface area (Å²) >= 11 is 0. The van der Waals surface area contributed by atoms with Gasteiger partial charge in [0.25, 0.3) is 0 Å². The Kier molecular flexibility index (Phi) is 3.98. The Morgan fingerprint density at radius 3 is 2.50 bits per heavy atom. The number of nitrogens with two attached hydrogens (primary N) is 1.